The molecule has 6 heteroatoms. The van der Waals surface area contributed by atoms with Crippen LogP contribution in [0.2, 0.25) is 5.02 Å². The lowest BCUT2D eigenvalue weighted by atomic mass is 9.89. The number of aromatic amines is 1. The molecule has 0 bridgehead atoms. The Labute approximate surface area is 133 Å². The van der Waals surface area contributed by atoms with Gasteiger partial charge in [-0.2, -0.15) is 5.10 Å². The fourth-order valence-electron chi connectivity index (χ4n) is 2.94. The predicted octanol–water partition coefficient (Wildman–Crippen LogP) is 2.82. The van der Waals surface area contributed by atoms with Gasteiger partial charge in [0.15, 0.2) is 0 Å². The van der Waals surface area contributed by atoms with Gasteiger partial charge in [-0.3, -0.25) is 4.79 Å². The third kappa shape index (κ3) is 2.95. The molecule has 22 heavy (non-hydrogen) atoms. The molecule has 1 aromatic carbocycles. The number of ether oxygens (including phenoxy) is 1. The molecule has 116 valence electrons. The van der Waals surface area contributed by atoms with Gasteiger partial charge >= 0.3 is 0 Å². The van der Waals surface area contributed by atoms with Gasteiger partial charge in [0.05, 0.1) is 19.0 Å². The molecule has 1 aromatic heterocycles. The van der Waals surface area contributed by atoms with Crippen LogP contribution >= 0.6 is 11.6 Å². The molecule has 0 amide bonds. The van der Waals surface area contributed by atoms with Crippen LogP contribution in [-0.4, -0.2) is 30.4 Å². The highest BCUT2D eigenvalue weighted by Crippen LogP contribution is 2.33. The van der Waals surface area contributed by atoms with E-state index in [2.05, 4.69) is 27.2 Å². The minimum Gasteiger partial charge on any atom is -0.497 e. The van der Waals surface area contributed by atoms with E-state index in [-0.39, 0.29) is 10.6 Å². The zero-order chi connectivity index (χ0) is 15.5. The fourth-order valence-corrected chi connectivity index (χ4v) is 3.15. The summed E-state index contributed by atoms with van der Waals surface area (Å²) < 4.78 is 5.29. The molecular weight excluding hydrogens is 302 g/mol. The molecule has 1 saturated heterocycles. The van der Waals surface area contributed by atoms with Crippen molar-refractivity contribution in [1.29, 1.82) is 0 Å². The van der Waals surface area contributed by atoms with Crippen LogP contribution < -0.4 is 15.2 Å². The molecular formula is C16H18ClN3O2. The largest absolute Gasteiger partial charge is 0.497 e. The monoisotopic (exact) mass is 319 g/mol. The lowest BCUT2D eigenvalue weighted by Crippen LogP contribution is -2.34. The number of nitrogens with zero attached hydrogens (tertiary/aromatic N) is 2. The first-order chi connectivity index (χ1) is 10.7. The number of aromatic nitrogens is 2. The molecule has 1 N–H and O–H groups in total. The third-order valence-electron chi connectivity index (χ3n) is 4.18. The van der Waals surface area contributed by atoms with Crippen LogP contribution in [0, 0.1) is 0 Å². The van der Waals surface area contributed by atoms with Crippen molar-refractivity contribution < 1.29 is 4.74 Å². The summed E-state index contributed by atoms with van der Waals surface area (Å²) in [5.74, 6) is 1.39. The van der Waals surface area contributed by atoms with Crippen LogP contribution in [-0.2, 0) is 0 Å². The van der Waals surface area contributed by atoms with Crippen LogP contribution in [0.1, 0.15) is 24.3 Å². The van der Waals surface area contributed by atoms with Crippen LogP contribution in [0.25, 0.3) is 0 Å². The molecule has 1 aliphatic rings. The van der Waals surface area contributed by atoms with Crippen LogP contribution in [0.5, 0.6) is 5.75 Å². The number of nitrogens with one attached hydrogen (secondary N) is 1. The van der Waals surface area contributed by atoms with E-state index in [9.17, 15) is 4.79 Å². The molecule has 0 aliphatic carbocycles. The molecule has 1 aliphatic heterocycles. The summed E-state index contributed by atoms with van der Waals surface area (Å²) in [5, 5.41) is 6.41. The molecule has 0 unspecified atom stereocenters. The Kier molecular flexibility index (Phi) is 4.34. The number of piperidine rings is 1. The maximum atomic E-state index is 11.5. The van der Waals surface area contributed by atoms with Crippen LogP contribution in [0.4, 0.5) is 5.69 Å². The van der Waals surface area contributed by atoms with Gasteiger partial charge in [0, 0.05) is 13.1 Å². The summed E-state index contributed by atoms with van der Waals surface area (Å²) in [6, 6.07) is 8.23. The number of rotatable bonds is 3. The average Bonchev–Trinajstić information content (AvgIpc) is 2.58. The van der Waals surface area contributed by atoms with Crippen molar-refractivity contribution in [3.8, 4) is 5.75 Å². The van der Waals surface area contributed by atoms with E-state index in [1.165, 1.54) is 5.56 Å². The number of anilines is 1. The molecule has 3 rings (SSSR count). The molecule has 1 fully saturated rings. The van der Waals surface area contributed by atoms with Gasteiger partial charge in [0.1, 0.15) is 10.8 Å². The Bertz CT molecular complexity index is 709. The van der Waals surface area contributed by atoms with E-state index in [4.69, 9.17) is 16.3 Å². The Hall–Kier alpha value is -2.01. The maximum Gasteiger partial charge on any atom is 0.285 e. The minimum absolute atomic E-state index is 0.217. The van der Waals surface area contributed by atoms with E-state index in [1.807, 2.05) is 12.1 Å². The number of hydrogen-bond acceptors (Lipinski definition) is 4. The van der Waals surface area contributed by atoms with E-state index < -0.39 is 0 Å². The van der Waals surface area contributed by atoms with Crippen molar-refractivity contribution in [1.82, 2.24) is 10.2 Å². The van der Waals surface area contributed by atoms with Gasteiger partial charge < -0.3 is 9.64 Å². The number of hydrogen-bond donors (Lipinski definition) is 1. The zero-order valence-electron chi connectivity index (χ0n) is 12.4. The molecule has 0 atom stereocenters. The molecule has 2 aromatic rings. The molecule has 0 radical (unpaired) electrons. The summed E-state index contributed by atoms with van der Waals surface area (Å²) in [7, 11) is 1.68. The Morgan fingerprint density at radius 2 is 2.14 bits per heavy atom. The Morgan fingerprint density at radius 3 is 2.86 bits per heavy atom. The normalized spacial score (nSPS) is 15.8. The quantitative estimate of drug-likeness (QED) is 0.945. The highest BCUT2D eigenvalue weighted by atomic mass is 35.5. The Morgan fingerprint density at radius 1 is 1.36 bits per heavy atom. The van der Waals surface area contributed by atoms with Crippen molar-refractivity contribution in [2.45, 2.75) is 18.8 Å². The molecule has 2 heterocycles. The van der Waals surface area contributed by atoms with Crippen molar-refractivity contribution in [3.63, 3.8) is 0 Å². The standard InChI is InChI=1S/C16H18ClN3O2/c1-22-13-4-2-3-12(9-13)11-5-7-20(8-6-11)14-10-18-19-16(21)15(14)17/h2-4,9-11H,5-8H2,1H3,(H,19,21). The first-order valence-corrected chi connectivity index (χ1v) is 7.69. The van der Waals surface area contributed by atoms with Crippen LogP contribution in [0.15, 0.2) is 35.3 Å². The van der Waals surface area contributed by atoms with Gasteiger partial charge in [0.2, 0.25) is 0 Å². The van der Waals surface area contributed by atoms with E-state index >= 15 is 0 Å². The minimum atomic E-state index is -0.339. The fraction of sp³-hybridized carbons (Fsp3) is 0.375. The van der Waals surface area contributed by atoms with Gasteiger partial charge in [-0.25, -0.2) is 5.10 Å². The van der Waals surface area contributed by atoms with Gasteiger partial charge in [-0.05, 0) is 36.5 Å². The zero-order valence-corrected chi connectivity index (χ0v) is 13.1. The smallest absolute Gasteiger partial charge is 0.285 e. The SMILES string of the molecule is COc1cccc(C2CCN(c3cn[nH]c(=O)c3Cl)CC2)c1. The van der Waals surface area contributed by atoms with Crippen molar-refractivity contribution in [2.75, 3.05) is 25.1 Å². The maximum absolute atomic E-state index is 11.5. The Balaban J connectivity index is 1.72. The summed E-state index contributed by atoms with van der Waals surface area (Å²) >= 11 is 6.08. The van der Waals surface area contributed by atoms with Gasteiger partial charge in [0.25, 0.3) is 5.56 Å². The van der Waals surface area contributed by atoms with Crippen molar-refractivity contribution in [3.05, 3.63) is 51.4 Å². The molecule has 0 saturated carbocycles. The molecule has 0 spiro atoms. The number of benzene rings is 1. The summed E-state index contributed by atoms with van der Waals surface area (Å²) in [5.41, 5.74) is 1.68. The number of methoxy groups -OCH3 is 1. The predicted molar refractivity (Wildman–Crippen MR) is 87.0 cm³/mol. The van der Waals surface area contributed by atoms with Crippen LogP contribution in [0.3, 0.4) is 0 Å². The van der Waals surface area contributed by atoms with E-state index in [1.54, 1.807) is 13.3 Å². The lowest BCUT2D eigenvalue weighted by Gasteiger charge is -2.33. The molecule has 5 nitrogen and oxygen atoms in total. The van der Waals surface area contributed by atoms with Crippen molar-refractivity contribution >= 4 is 17.3 Å². The van der Waals surface area contributed by atoms with E-state index in [0.29, 0.717) is 5.92 Å². The van der Waals surface area contributed by atoms with Gasteiger partial charge in [-0.15, -0.1) is 0 Å². The summed E-state index contributed by atoms with van der Waals surface area (Å²) in [6.07, 6.45) is 3.64. The third-order valence-corrected chi connectivity index (χ3v) is 4.54. The lowest BCUT2D eigenvalue weighted by molar-refractivity contribution is 0.412. The highest BCUT2D eigenvalue weighted by Gasteiger charge is 2.23. The second-order valence-electron chi connectivity index (χ2n) is 5.44. The first kappa shape index (κ1) is 14.9. The van der Waals surface area contributed by atoms with Gasteiger partial charge in [-0.1, -0.05) is 23.7 Å². The summed E-state index contributed by atoms with van der Waals surface area (Å²) in [6.45, 7) is 1.71. The van der Waals surface area contributed by atoms with Crippen molar-refractivity contribution in [2.24, 2.45) is 0 Å². The number of halogens is 1. The van der Waals surface area contributed by atoms with E-state index in [0.717, 1.165) is 37.4 Å². The second-order valence-corrected chi connectivity index (χ2v) is 5.81. The highest BCUT2D eigenvalue weighted by molar-refractivity contribution is 6.32. The topological polar surface area (TPSA) is 58.2 Å². The average molecular weight is 320 g/mol. The summed E-state index contributed by atoms with van der Waals surface area (Å²) in [4.78, 5) is 13.7. The number of H-pyrrole nitrogens is 1. The second kappa shape index (κ2) is 6.40. The first-order valence-electron chi connectivity index (χ1n) is 7.31.